The number of likely N-dealkylation sites (tertiary alicyclic amines) is 1. The Labute approximate surface area is 218 Å². The Balaban J connectivity index is 1.58. The maximum absolute atomic E-state index is 12.1. The minimum absolute atomic E-state index is 0.181. The standard InChI is InChI=1S/C27H38N8O2/c1-17(2)19(10-28)9-24(30)34-25-7-6-22-23(33-25)8-20(14-32-22)21(11-29)13-31-12-18-15-35(16-18)26(36)37-27(3,4)5/h6-11,13-14,17-18,28,32-33H,12,15-16,29H2,1-5H3,(H2,30,34). The molecule has 0 aliphatic carbocycles. The number of hydrogen-bond acceptors (Lipinski definition) is 8. The van der Waals surface area contributed by atoms with Gasteiger partial charge in [0.1, 0.15) is 17.3 Å². The van der Waals surface area contributed by atoms with E-state index in [4.69, 9.17) is 21.6 Å². The highest BCUT2D eigenvalue weighted by Gasteiger charge is 2.33. The van der Waals surface area contributed by atoms with Gasteiger partial charge < -0.3 is 37.1 Å². The van der Waals surface area contributed by atoms with E-state index in [0.717, 1.165) is 28.1 Å². The van der Waals surface area contributed by atoms with Gasteiger partial charge in [-0.3, -0.25) is 4.99 Å². The molecule has 3 aliphatic rings. The summed E-state index contributed by atoms with van der Waals surface area (Å²) in [6.45, 7) is 11.4. The van der Waals surface area contributed by atoms with E-state index in [1.54, 1.807) is 17.2 Å². The summed E-state index contributed by atoms with van der Waals surface area (Å²) in [4.78, 5) is 22.8. The highest BCUT2D eigenvalue weighted by atomic mass is 16.6. The molecule has 3 rings (SSSR count). The molecule has 10 heteroatoms. The molecule has 1 saturated heterocycles. The molecule has 3 aliphatic heterocycles. The van der Waals surface area contributed by atoms with E-state index in [-0.39, 0.29) is 12.0 Å². The predicted octanol–water partition coefficient (Wildman–Crippen LogP) is 3.06. The number of amides is 1. The Morgan fingerprint density at radius 1 is 1.30 bits per heavy atom. The van der Waals surface area contributed by atoms with E-state index < -0.39 is 5.60 Å². The fraction of sp³-hybridized carbons (Fsp3) is 0.407. The molecule has 0 unspecified atom stereocenters. The number of allylic oxidation sites excluding steroid dienone is 6. The Hall–Kier alpha value is -4.08. The fourth-order valence-corrected chi connectivity index (χ4v) is 3.72. The lowest BCUT2D eigenvalue weighted by molar-refractivity contribution is 0.000414. The first-order chi connectivity index (χ1) is 17.5. The molecule has 3 heterocycles. The lowest BCUT2D eigenvalue weighted by Crippen LogP contribution is -2.52. The lowest BCUT2D eigenvalue weighted by atomic mass is 10.0. The van der Waals surface area contributed by atoms with E-state index >= 15 is 0 Å². The van der Waals surface area contributed by atoms with Crippen molar-refractivity contribution in [2.45, 2.75) is 40.2 Å². The molecule has 0 saturated carbocycles. The number of carbonyl (C=O) groups excluding carboxylic acids is 1. The molecule has 0 aromatic rings. The van der Waals surface area contributed by atoms with Gasteiger partial charge in [-0.15, -0.1) is 0 Å². The minimum atomic E-state index is -0.496. The number of nitrogens with zero attached hydrogens (tertiary/aromatic N) is 3. The number of aliphatic imine (C=N–C) groups is 2. The van der Waals surface area contributed by atoms with Crippen LogP contribution in [-0.4, -0.2) is 54.5 Å². The first-order valence-electron chi connectivity index (χ1n) is 12.3. The SMILES string of the molecule is CC(C)C(C=N)=CC(N)=NC1=CC=C2NC=C(C(C=NCC3CN(C(=O)OC(C)(C)C)C3)=CN)C=C2N1. The molecule has 10 nitrogen and oxygen atoms in total. The molecule has 1 amide bonds. The second kappa shape index (κ2) is 11.8. The molecule has 198 valence electrons. The number of dihydropyridines is 2. The van der Waals surface area contributed by atoms with Gasteiger partial charge >= 0.3 is 6.09 Å². The van der Waals surface area contributed by atoms with Crippen LogP contribution in [0.25, 0.3) is 0 Å². The molecular formula is C27H38N8O2. The highest BCUT2D eigenvalue weighted by Crippen LogP contribution is 2.23. The number of ether oxygens (including phenoxy) is 1. The molecule has 37 heavy (non-hydrogen) atoms. The fourth-order valence-electron chi connectivity index (χ4n) is 3.72. The summed E-state index contributed by atoms with van der Waals surface area (Å²) in [5, 5.41) is 14.1. The molecule has 0 aromatic heterocycles. The number of rotatable bonds is 8. The van der Waals surface area contributed by atoms with Crippen molar-refractivity contribution in [3.8, 4) is 0 Å². The van der Waals surface area contributed by atoms with Crippen molar-refractivity contribution in [1.29, 1.82) is 5.41 Å². The maximum Gasteiger partial charge on any atom is 0.410 e. The maximum atomic E-state index is 12.1. The van der Waals surface area contributed by atoms with Crippen molar-refractivity contribution in [2.24, 2.45) is 33.3 Å². The van der Waals surface area contributed by atoms with Crippen molar-refractivity contribution in [2.75, 3.05) is 19.6 Å². The Morgan fingerprint density at radius 2 is 2.03 bits per heavy atom. The Morgan fingerprint density at radius 3 is 2.65 bits per heavy atom. The van der Waals surface area contributed by atoms with Crippen LogP contribution in [0.4, 0.5) is 4.79 Å². The Bertz CT molecular complexity index is 1150. The van der Waals surface area contributed by atoms with Crippen LogP contribution in [0.2, 0.25) is 0 Å². The van der Waals surface area contributed by atoms with Gasteiger partial charge in [0.25, 0.3) is 0 Å². The average Bonchev–Trinajstić information content (AvgIpc) is 2.79. The summed E-state index contributed by atoms with van der Waals surface area (Å²) in [6, 6.07) is 0. The predicted molar refractivity (Wildman–Crippen MR) is 149 cm³/mol. The van der Waals surface area contributed by atoms with Gasteiger partial charge in [0.15, 0.2) is 0 Å². The van der Waals surface area contributed by atoms with Crippen LogP contribution in [0.1, 0.15) is 34.6 Å². The monoisotopic (exact) mass is 506 g/mol. The first-order valence-corrected chi connectivity index (χ1v) is 12.3. The van der Waals surface area contributed by atoms with Crippen molar-refractivity contribution < 1.29 is 9.53 Å². The van der Waals surface area contributed by atoms with E-state index in [1.165, 1.54) is 12.4 Å². The molecular weight excluding hydrogens is 468 g/mol. The van der Waals surface area contributed by atoms with Gasteiger partial charge in [0, 0.05) is 61.5 Å². The summed E-state index contributed by atoms with van der Waals surface area (Å²) in [5.41, 5.74) is 15.6. The zero-order valence-corrected chi connectivity index (χ0v) is 22.2. The third-order valence-corrected chi connectivity index (χ3v) is 5.76. The summed E-state index contributed by atoms with van der Waals surface area (Å²) >= 11 is 0. The number of nitrogens with two attached hydrogens (primary N) is 2. The van der Waals surface area contributed by atoms with Crippen molar-refractivity contribution in [1.82, 2.24) is 15.5 Å². The Kier molecular flexibility index (Phi) is 8.75. The summed E-state index contributed by atoms with van der Waals surface area (Å²) < 4.78 is 5.39. The number of amidine groups is 1. The van der Waals surface area contributed by atoms with Crippen LogP contribution in [0, 0.1) is 17.2 Å². The minimum Gasteiger partial charge on any atom is -0.444 e. The molecule has 7 N–H and O–H groups in total. The number of fused-ring (bicyclic) bond motifs is 1. The van der Waals surface area contributed by atoms with Gasteiger partial charge in [0.05, 0.1) is 11.4 Å². The summed E-state index contributed by atoms with van der Waals surface area (Å²) in [6.07, 6.45) is 13.6. The largest absolute Gasteiger partial charge is 0.444 e. The van der Waals surface area contributed by atoms with Crippen LogP contribution in [0.5, 0.6) is 0 Å². The molecule has 0 atom stereocenters. The van der Waals surface area contributed by atoms with Gasteiger partial charge in [-0.25, -0.2) is 9.79 Å². The summed E-state index contributed by atoms with van der Waals surface area (Å²) in [7, 11) is 0. The van der Waals surface area contributed by atoms with Crippen molar-refractivity contribution in [3.05, 3.63) is 70.6 Å². The zero-order valence-electron chi connectivity index (χ0n) is 22.2. The molecule has 0 aromatic carbocycles. The molecule has 1 fully saturated rings. The van der Waals surface area contributed by atoms with E-state index in [9.17, 15) is 4.79 Å². The quantitative estimate of drug-likeness (QED) is 0.252. The third kappa shape index (κ3) is 7.70. The second-order valence-corrected chi connectivity index (χ2v) is 10.4. The number of carbonyl (C=O) groups is 1. The van der Waals surface area contributed by atoms with Crippen LogP contribution in [0.3, 0.4) is 0 Å². The van der Waals surface area contributed by atoms with Crippen LogP contribution < -0.4 is 22.1 Å². The van der Waals surface area contributed by atoms with E-state index in [0.29, 0.717) is 37.2 Å². The molecule has 0 spiro atoms. The molecule has 0 radical (unpaired) electrons. The van der Waals surface area contributed by atoms with Gasteiger partial charge in [0.2, 0.25) is 0 Å². The van der Waals surface area contributed by atoms with Gasteiger partial charge in [-0.2, -0.15) is 0 Å². The number of hydrogen-bond donors (Lipinski definition) is 5. The third-order valence-electron chi connectivity index (χ3n) is 5.76. The average molecular weight is 507 g/mol. The van der Waals surface area contributed by atoms with Crippen molar-refractivity contribution >= 4 is 24.4 Å². The first kappa shape index (κ1) is 27.5. The van der Waals surface area contributed by atoms with Crippen molar-refractivity contribution in [3.63, 3.8) is 0 Å². The van der Waals surface area contributed by atoms with Gasteiger partial charge in [-0.05, 0) is 56.6 Å². The van der Waals surface area contributed by atoms with Crippen LogP contribution >= 0.6 is 0 Å². The van der Waals surface area contributed by atoms with Crippen LogP contribution in [-0.2, 0) is 4.74 Å². The topological polar surface area (TPSA) is 154 Å². The lowest BCUT2D eigenvalue weighted by Gasteiger charge is -2.39. The van der Waals surface area contributed by atoms with E-state index in [2.05, 4.69) is 20.6 Å². The van der Waals surface area contributed by atoms with Gasteiger partial charge in [-0.1, -0.05) is 13.8 Å². The highest BCUT2D eigenvalue weighted by molar-refractivity contribution is 5.97. The molecule has 0 bridgehead atoms. The van der Waals surface area contributed by atoms with Crippen LogP contribution in [0.15, 0.2) is 80.6 Å². The normalized spacial score (nSPS) is 19.2. The zero-order chi connectivity index (χ0) is 27.2. The van der Waals surface area contributed by atoms with E-state index in [1.807, 2.05) is 59.0 Å². The smallest absolute Gasteiger partial charge is 0.410 e. The summed E-state index contributed by atoms with van der Waals surface area (Å²) in [5.74, 6) is 1.38. The second-order valence-electron chi connectivity index (χ2n) is 10.4. The number of nitrogens with one attached hydrogen (secondary N) is 3.